The van der Waals surface area contributed by atoms with Gasteiger partial charge in [-0.1, -0.05) is 5.16 Å². The molecule has 2 rings (SSSR count). The van der Waals surface area contributed by atoms with E-state index < -0.39 is 0 Å². The highest BCUT2D eigenvalue weighted by molar-refractivity contribution is 5.99. The maximum Gasteiger partial charge on any atom is 0.309 e. The summed E-state index contributed by atoms with van der Waals surface area (Å²) < 4.78 is 4.56. The van der Waals surface area contributed by atoms with Crippen LogP contribution in [0.25, 0.3) is 0 Å². The molecule has 1 atom stereocenters. The molecule has 18 heavy (non-hydrogen) atoms. The number of esters is 1. The van der Waals surface area contributed by atoms with Crippen molar-refractivity contribution in [2.75, 3.05) is 7.11 Å². The van der Waals surface area contributed by atoms with Crippen LogP contribution in [0.1, 0.15) is 24.1 Å². The van der Waals surface area contributed by atoms with Crippen molar-refractivity contribution in [2.24, 2.45) is 5.16 Å². The number of oxime groups is 1. The van der Waals surface area contributed by atoms with Gasteiger partial charge in [0, 0.05) is 12.6 Å². The second kappa shape index (κ2) is 5.27. The molecular weight excluding hydrogens is 234 g/mol. The molecule has 0 amide bonds. The van der Waals surface area contributed by atoms with Crippen LogP contribution in [0.5, 0.6) is 0 Å². The van der Waals surface area contributed by atoms with E-state index in [0.717, 1.165) is 0 Å². The average molecular weight is 245 g/mol. The Balaban J connectivity index is 1.99. The number of carbonyl (C=O) groups is 1. The zero-order chi connectivity index (χ0) is 13.0. The Morgan fingerprint density at radius 2 is 2.50 bits per heavy atom. The molecule has 0 saturated heterocycles. The van der Waals surface area contributed by atoms with Gasteiger partial charge in [-0.2, -0.15) is 5.26 Å². The number of rotatable bonds is 3. The van der Waals surface area contributed by atoms with Gasteiger partial charge in [0.1, 0.15) is 17.9 Å². The molecule has 0 bridgehead atoms. The van der Waals surface area contributed by atoms with Crippen LogP contribution >= 0.6 is 0 Å². The van der Waals surface area contributed by atoms with Crippen molar-refractivity contribution in [3.63, 3.8) is 0 Å². The van der Waals surface area contributed by atoms with E-state index in [2.05, 4.69) is 14.9 Å². The van der Waals surface area contributed by atoms with E-state index in [1.54, 1.807) is 12.1 Å². The fraction of sp³-hybridized carbons (Fsp3) is 0.333. The first kappa shape index (κ1) is 12.0. The second-order valence-corrected chi connectivity index (χ2v) is 3.79. The average Bonchev–Trinajstić information content (AvgIpc) is 2.87. The number of hydrogen-bond acceptors (Lipinski definition) is 6. The van der Waals surface area contributed by atoms with Crippen LogP contribution in [0.15, 0.2) is 23.5 Å². The third-order valence-electron chi connectivity index (χ3n) is 2.54. The molecule has 6 nitrogen and oxygen atoms in total. The number of aromatic nitrogens is 1. The third-order valence-corrected chi connectivity index (χ3v) is 2.54. The lowest BCUT2D eigenvalue weighted by molar-refractivity contribution is -0.143. The minimum atomic E-state index is -0.329. The first-order valence-electron chi connectivity index (χ1n) is 5.39. The highest BCUT2D eigenvalue weighted by Crippen LogP contribution is 2.18. The maximum atomic E-state index is 11.1. The van der Waals surface area contributed by atoms with Gasteiger partial charge in [-0.05, 0) is 12.1 Å². The minimum absolute atomic E-state index is 0.166. The van der Waals surface area contributed by atoms with Crippen molar-refractivity contribution in [3.05, 3.63) is 29.6 Å². The summed E-state index contributed by atoms with van der Waals surface area (Å²) in [6.07, 6.45) is 1.85. The van der Waals surface area contributed by atoms with Crippen molar-refractivity contribution in [3.8, 4) is 6.07 Å². The molecular formula is C12H11N3O3. The van der Waals surface area contributed by atoms with E-state index in [1.165, 1.54) is 13.3 Å². The third kappa shape index (κ3) is 2.63. The number of nitriles is 1. The lowest BCUT2D eigenvalue weighted by Crippen LogP contribution is -2.15. The van der Waals surface area contributed by atoms with Crippen LogP contribution in [0.3, 0.4) is 0 Å². The van der Waals surface area contributed by atoms with E-state index in [1.807, 2.05) is 6.07 Å². The Hall–Kier alpha value is -2.42. The molecule has 0 saturated carbocycles. The van der Waals surface area contributed by atoms with E-state index >= 15 is 0 Å². The van der Waals surface area contributed by atoms with Crippen molar-refractivity contribution < 1.29 is 14.4 Å². The Kier molecular flexibility index (Phi) is 3.53. The summed E-state index contributed by atoms with van der Waals surface area (Å²) in [5, 5.41) is 12.6. The van der Waals surface area contributed by atoms with Crippen LogP contribution in [0, 0.1) is 11.3 Å². The molecule has 2 heterocycles. The number of hydrogen-bond donors (Lipinski definition) is 0. The van der Waals surface area contributed by atoms with E-state index in [-0.39, 0.29) is 18.5 Å². The largest absolute Gasteiger partial charge is 0.469 e. The first-order chi connectivity index (χ1) is 8.72. The summed E-state index contributed by atoms with van der Waals surface area (Å²) in [5.41, 5.74) is 1.82. The number of ether oxygens (including phenoxy) is 1. The number of nitrogens with zero attached hydrogens (tertiary/aromatic N) is 3. The van der Waals surface area contributed by atoms with Crippen molar-refractivity contribution in [1.29, 1.82) is 5.26 Å². The molecule has 1 aliphatic heterocycles. The molecule has 0 radical (unpaired) electrons. The van der Waals surface area contributed by atoms with Gasteiger partial charge in [-0.3, -0.25) is 9.78 Å². The summed E-state index contributed by atoms with van der Waals surface area (Å²) in [7, 11) is 1.33. The van der Waals surface area contributed by atoms with Crippen LogP contribution in [-0.4, -0.2) is 29.9 Å². The first-order valence-corrected chi connectivity index (χ1v) is 5.39. The molecule has 1 aromatic heterocycles. The molecule has 0 fully saturated rings. The lowest BCUT2D eigenvalue weighted by Gasteiger charge is -2.05. The van der Waals surface area contributed by atoms with Crippen LogP contribution < -0.4 is 0 Å². The Bertz CT molecular complexity index is 516. The molecule has 92 valence electrons. The topological polar surface area (TPSA) is 84.6 Å². The van der Waals surface area contributed by atoms with Crippen LogP contribution in [-0.2, 0) is 14.4 Å². The predicted octanol–water partition coefficient (Wildman–Crippen LogP) is 1.01. The Morgan fingerprint density at radius 1 is 1.67 bits per heavy atom. The van der Waals surface area contributed by atoms with Gasteiger partial charge < -0.3 is 9.57 Å². The van der Waals surface area contributed by atoms with Crippen LogP contribution in [0.2, 0.25) is 0 Å². The Morgan fingerprint density at radius 3 is 3.11 bits per heavy atom. The highest BCUT2D eigenvalue weighted by Gasteiger charge is 2.25. The van der Waals surface area contributed by atoms with Crippen molar-refractivity contribution in [2.45, 2.75) is 18.9 Å². The summed E-state index contributed by atoms with van der Waals surface area (Å²) in [5.74, 6) is -0.329. The zero-order valence-corrected chi connectivity index (χ0v) is 9.79. The quantitative estimate of drug-likeness (QED) is 0.742. The molecule has 0 aliphatic carbocycles. The SMILES string of the molecule is COC(=O)CC1CC(c2ccc(C#N)cn2)=NO1. The van der Waals surface area contributed by atoms with Gasteiger partial charge in [0.25, 0.3) is 0 Å². The molecule has 1 aliphatic rings. The molecule has 1 unspecified atom stereocenters. The van der Waals surface area contributed by atoms with Gasteiger partial charge in [-0.25, -0.2) is 0 Å². The number of pyridine rings is 1. The van der Waals surface area contributed by atoms with Gasteiger partial charge in [0.2, 0.25) is 0 Å². The fourth-order valence-electron chi connectivity index (χ4n) is 1.59. The minimum Gasteiger partial charge on any atom is -0.469 e. The smallest absolute Gasteiger partial charge is 0.309 e. The lowest BCUT2D eigenvalue weighted by atomic mass is 10.1. The normalized spacial score (nSPS) is 17.6. The van der Waals surface area contributed by atoms with Gasteiger partial charge >= 0.3 is 5.97 Å². The summed E-state index contributed by atoms with van der Waals surface area (Å²) in [4.78, 5) is 20.3. The summed E-state index contributed by atoms with van der Waals surface area (Å²) >= 11 is 0. The molecule has 6 heteroatoms. The van der Waals surface area contributed by atoms with Gasteiger partial charge in [0.15, 0.2) is 0 Å². The summed E-state index contributed by atoms with van der Waals surface area (Å²) in [6, 6.07) is 5.37. The van der Waals surface area contributed by atoms with Gasteiger partial charge in [0.05, 0.1) is 24.8 Å². The van der Waals surface area contributed by atoms with Crippen molar-refractivity contribution >= 4 is 11.7 Å². The number of methoxy groups -OCH3 is 1. The van der Waals surface area contributed by atoms with Crippen LogP contribution in [0.4, 0.5) is 0 Å². The standard InChI is InChI=1S/C12H11N3O3/c1-17-12(16)5-9-4-11(15-18-9)10-3-2-8(6-13)7-14-10/h2-3,7,9H,4-5H2,1H3. The molecule has 1 aromatic rings. The fourth-order valence-corrected chi connectivity index (χ4v) is 1.59. The molecule has 0 N–H and O–H groups in total. The Labute approximate surface area is 104 Å². The number of carbonyl (C=O) groups excluding carboxylic acids is 1. The molecule has 0 aromatic carbocycles. The maximum absolute atomic E-state index is 11.1. The summed E-state index contributed by atoms with van der Waals surface area (Å²) in [6.45, 7) is 0. The van der Waals surface area contributed by atoms with E-state index in [9.17, 15) is 4.79 Å². The van der Waals surface area contributed by atoms with E-state index in [4.69, 9.17) is 10.1 Å². The molecule has 0 spiro atoms. The van der Waals surface area contributed by atoms with Gasteiger partial charge in [-0.15, -0.1) is 0 Å². The zero-order valence-electron chi connectivity index (χ0n) is 9.79. The predicted molar refractivity (Wildman–Crippen MR) is 61.6 cm³/mol. The second-order valence-electron chi connectivity index (χ2n) is 3.79. The monoisotopic (exact) mass is 245 g/mol. The highest BCUT2D eigenvalue weighted by atomic mass is 16.6. The van der Waals surface area contributed by atoms with Crippen molar-refractivity contribution in [1.82, 2.24) is 4.98 Å². The van der Waals surface area contributed by atoms with E-state index in [0.29, 0.717) is 23.4 Å².